The van der Waals surface area contributed by atoms with E-state index < -0.39 is 6.10 Å². The Balaban J connectivity index is 1.76. The number of nitrogens with one attached hydrogen (secondary N) is 1. The van der Waals surface area contributed by atoms with Crippen LogP contribution in [0.5, 0.6) is 0 Å². The van der Waals surface area contributed by atoms with Crippen molar-refractivity contribution in [1.29, 1.82) is 0 Å². The zero-order chi connectivity index (χ0) is 14.5. The van der Waals surface area contributed by atoms with Crippen LogP contribution in [-0.4, -0.2) is 22.7 Å². The number of aromatic nitrogens is 1. The lowest BCUT2D eigenvalue weighted by Gasteiger charge is -2.10. The number of carbonyl (C=O) groups excluding carboxylic acids is 1. The fraction of sp³-hybridized carbons (Fsp3) is 0.429. The predicted molar refractivity (Wildman–Crippen MR) is 76.6 cm³/mol. The van der Waals surface area contributed by atoms with E-state index in [0.717, 1.165) is 22.6 Å². The van der Waals surface area contributed by atoms with Crippen LogP contribution >= 0.6 is 11.3 Å². The standard InChI is InChI=1S/C14H18N2O3S/c1-9-12(10(2)19-16-9)3-4-14(18)15-7-13(17)11-5-6-20-8-11/h5-6,8,13,17H,3-4,7H2,1-2H3,(H,15,18). The fourth-order valence-electron chi connectivity index (χ4n) is 1.98. The molecule has 2 aromatic rings. The number of aryl methyl sites for hydroxylation is 2. The highest BCUT2D eigenvalue weighted by molar-refractivity contribution is 7.07. The molecule has 0 radical (unpaired) electrons. The average Bonchev–Trinajstić information content (AvgIpc) is 3.05. The van der Waals surface area contributed by atoms with Crippen molar-refractivity contribution in [3.05, 3.63) is 39.4 Å². The maximum absolute atomic E-state index is 11.8. The van der Waals surface area contributed by atoms with E-state index in [1.807, 2.05) is 30.7 Å². The summed E-state index contributed by atoms with van der Waals surface area (Å²) in [4.78, 5) is 11.8. The number of rotatable bonds is 6. The van der Waals surface area contributed by atoms with Crippen LogP contribution in [0.1, 0.15) is 35.1 Å². The monoisotopic (exact) mass is 294 g/mol. The zero-order valence-corrected chi connectivity index (χ0v) is 12.4. The van der Waals surface area contributed by atoms with Gasteiger partial charge in [-0.1, -0.05) is 5.16 Å². The minimum absolute atomic E-state index is 0.0840. The molecule has 0 aromatic carbocycles. The Hall–Kier alpha value is -1.66. The molecule has 2 rings (SSSR count). The molecule has 5 nitrogen and oxygen atoms in total. The van der Waals surface area contributed by atoms with E-state index in [2.05, 4.69) is 10.5 Å². The number of thiophene rings is 1. The second-order valence-electron chi connectivity index (χ2n) is 4.68. The van der Waals surface area contributed by atoms with Crippen molar-refractivity contribution in [2.24, 2.45) is 0 Å². The summed E-state index contributed by atoms with van der Waals surface area (Å²) < 4.78 is 5.05. The minimum Gasteiger partial charge on any atom is -0.387 e. The van der Waals surface area contributed by atoms with Crippen LogP contribution in [0.2, 0.25) is 0 Å². The van der Waals surface area contributed by atoms with Crippen molar-refractivity contribution < 1.29 is 14.4 Å². The number of carbonyl (C=O) groups is 1. The zero-order valence-electron chi connectivity index (χ0n) is 11.5. The average molecular weight is 294 g/mol. The number of nitrogens with zero attached hydrogens (tertiary/aromatic N) is 1. The van der Waals surface area contributed by atoms with E-state index >= 15 is 0 Å². The van der Waals surface area contributed by atoms with Crippen molar-refractivity contribution in [3.8, 4) is 0 Å². The second kappa shape index (κ2) is 6.67. The molecule has 0 aliphatic heterocycles. The molecule has 0 aliphatic carbocycles. The lowest BCUT2D eigenvalue weighted by Crippen LogP contribution is -2.28. The molecule has 2 N–H and O–H groups in total. The largest absolute Gasteiger partial charge is 0.387 e. The molecule has 0 aliphatic rings. The SMILES string of the molecule is Cc1noc(C)c1CCC(=O)NCC(O)c1ccsc1. The third-order valence-corrected chi connectivity index (χ3v) is 3.91. The summed E-state index contributed by atoms with van der Waals surface area (Å²) in [5.74, 6) is 0.674. The highest BCUT2D eigenvalue weighted by atomic mass is 32.1. The van der Waals surface area contributed by atoms with Crippen LogP contribution in [0.25, 0.3) is 0 Å². The fourth-order valence-corrected chi connectivity index (χ4v) is 2.69. The lowest BCUT2D eigenvalue weighted by molar-refractivity contribution is -0.121. The van der Waals surface area contributed by atoms with Gasteiger partial charge in [0.05, 0.1) is 11.8 Å². The molecule has 1 unspecified atom stereocenters. The van der Waals surface area contributed by atoms with Gasteiger partial charge in [0.25, 0.3) is 0 Å². The number of hydrogen-bond donors (Lipinski definition) is 2. The Labute approximate surface area is 121 Å². The van der Waals surface area contributed by atoms with Gasteiger partial charge >= 0.3 is 0 Å². The summed E-state index contributed by atoms with van der Waals surface area (Å²) in [6.45, 7) is 3.94. The Morgan fingerprint density at radius 2 is 2.35 bits per heavy atom. The summed E-state index contributed by atoms with van der Waals surface area (Å²) in [6, 6.07) is 1.85. The van der Waals surface area contributed by atoms with Gasteiger partial charge in [-0.3, -0.25) is 4.79 Å². The number of aliphatic hydroxyl groups excluding tert-OH is 1. The van der Waals surface area contributed by atoms with Gasteiger partial charge < -0.3 is 14.9 Å². The van der Waals surface area contributed by atoms with Gasteiger partial charge in [0, 0.05) is 18.5 Å². The van der Waals surface area contributed by atoms with Gasteiger partial charge in [-0.15, -0.1) is 0 Å². The van der Waals surface area contributed by atoms with Gasteiger partial charge in [0.2, 0.25) is 5.91 Å². The highest BCUT2D eigenvalue weighted by Gasteiger charge is 2.13. The molecule has 0 bridgehead atoms. The smallest absolute Gasteiger partial charge is 0.220 e. The van der Waals surface area contributed by atoms with E-state index in [1.165, 1.54) is 11.3 Å². The van der Waals surface area contributed by atoms with Crippen molar-refractivity contribution in [3.63, 3.8) is 0 Å². The number of hydrogen-bond acceptors (Lipinski definition) is 5. The van der Waals surface area contributed by atoms with Crippen LogP contribution in [-0.2, 0) is 11.2 Å². The first-order valence-electron chi connectivity index (χ1n) is 6.46. The van der Waals surface area contributed by atoms with E-state index in [0.29, 0.717) is 12.8 Å². The summed E-state index contributed by atoms with van der Waals surface area (Å²) in [6.07, 6.45) is 0.310. The Bertz CT molecular complexity index is 543. The maximum atomic E-state index is 11.8. The van der Waals surface area contributed by atoms with E-state index in [1.54, 1.807) is 0 Å². The van der Waals surface area contributed by atoms with Gasteiger partial charge in [0.15, 0.2) is 0 Å². The molecular formula is C14H18N2O3S. The molecule has 1 amide bonds. The first-order chi connectivity index (χ1) is 9.58. The molecule has 6 heteroatoms. The van der Waals surface area contributed by atoms with Crippen molar-refractivity contribution in [2.45, 2.75) is 32.8 Å². The van der Waals surface area contributed by atoms with Crippen LogP contribution in [0.3, 0.4) is 0 Å². The Morgan fingerprint density at radius 1 is 1.55 bits per heavy atom. The quantitative estimate of drug-likeness (QED) is 0.856. The molecule has 1 atom stereocenters. The third-order valence-electron chi connectivity index (χ3n) is 3.20. The van der Waals surface area contributed by atoms with Crippen molar-refractivity contribution >= 4 is 17.2 Å². The first-order valence-corrected chi connectivity index (χ1v) is 7.41. The highest BCUT2D eigenvalue weighted by Crippen LogP contribution is 2.16. The number of amides is 1. The molecular weight excluding hydrogens is 276 g/mol. The second-order valence-corrected chi connectivity index (χ2v) is 5.46. The molecule has 2 aromatic heterocycles. The van der Waals surface area contributed by atoms with Gasteiger partial charge in [-0.2, -0.15) is 11.3 Å². The van der Waals surface area contributed by atoms with E-state index in [9.17, 15) is 9.90 Å². The Morgan fingerprint density at radius 3 is 2.95 bits per heavy atom. The first kappa shape index (κ1) is 14.7. The molecule has 108 valence electrons. The maximum Gasteiger partial charge on any atom is 0.220 e. The normalized spacial score (nSPS) is 12.3. The Kier molecular flexibility index (Phi) is 4.92. The van der Waals surface area contributed by atoms with Crippen molar-refractivity contribution in [2.75, 3.05) is 6.54 Å². The number of aliphatic hydroxyl groups is 1. The van der Waals surface area contributed by atoms with Gasteiger partial charge in [-0.25, -0.2) is 0 Å². The van der Waals surface area contributed by atoms with Crippen molar-refractivity contribution in [1.82, 2.24) is 10.5 Å². The topological polar surface area (TPSA) is 75.4 Å². The van der Waals surface area contributed by atoms with Gasteiger partial charge in [0.1, 0.15) is 5.76 Å². The lowest BCUT2D eigenvalue weighted by atomic mass is 10.1. The van der Waals surface area contributed by atoms with Gasteiger partial charge in [-0.05, 0) is 42.7 Å². The molecule has 0 fully saturated rings. The molecule has 0 spiro atoms. The molecule has 0 saturated heterocycles. The van der Waals surface area contributed by atoms with Crippen LogP contribution in [0.4, 0.5) is 0 Å². The van der Waals surface area contributed by atoms with E-state index in [-0.39, 0.29) is 12.5 Å². The predicted octanol–water partition coefficient (Wildman–Crippen LogP) is 2.14. The minimum atomic E-state index is -0.649. The third kappa shape index (κ3) is 3.68. The van der Waals surface area contributed by atoms with Crippen LogP contribution in [0.15, 0.2) is 21.3 Å². The molecule has 0 saturated carbocycles. The van der Waals surface area contributed by atoms with Crippen LogP contribution < -0.4 is 5.32 Å². The summed E-state index contributed by atoms with van der Waals surface area (Å²) in [7, 11) is 0. The summed E-state index contributed by atoms with van der Waals surface area (Å²) >= 11 is 1.52. The van der Waals surface area contributed by atoms with E-state index in [4.69, 9.17) is 4.52 Å². The molecule has 2 heterocycles. The summed E-state index contributed by atoms with van der Waals surface area (Å²) in [5.41, 5.74) is 2.65. The summed E-state index contributed by atoms with van der Waals surface area (Å²) in [5, 5.41) is 20.2. The van der Waals surface area contributed by atoms with Crippen LogP contribution in [0, 0.1) is 13.8 Å². The molecule has 20 heavy (non-hydrogen) atoms.